The van der Waals surface area contributed by atoms with Crippen LogP contribution < -0.4 is 9.47 Å². The van der Waals surface area contributed by atoms with E-state index in [1.807, 2.05) is 39.0 Å². The Balaban J connectivity index is 1.43. The number of hydrogen-bond acceptors (Lipinski definition) is 9. The highest BCUT2D eigenvalue weighted by Gasteiger charge is 2.41. The van der Waals surface area contributed by atoms with Gasteiger partial charge in [0.15, 0.2) is 0 Å². The molecule has 0 saturated heterocycles. The summed E-state index contributed by atoms with van der Waals surface area (Å²) in [6.07, 6.45) is -2.46. The van der Waals surface area contributed by atoms with Crippen molar-refractivity contribution < 1.29 is 51.9 Å². The number of aryl methyl sites for hydroxylation is 1. The number of thiophene rings is 1. The molecule has 0 amide bonds. The highest BCUT2D eigenvalue weighted by atomic mass is 32.1. The second-order valence-electron chi connectivity index (χ2n) is 14.8. The number of alkyl halides is 3. The zero-order valence-corrected chi connectivity index (χ0v) is 31.8. The fraction of sp³-hybridized carbons (Fsp3) is 0.615. The number of ether oxygens (including phenoxy) is 5. The molecule has 1 aromatic heterocycles. The molecule has 8 nitrogen and oxygen atoms in total. The van der Waals surface area contributed by atoms with Crippen molar-refractivity contribution in [2.45, 2.75) is 99.1 Å². The summed E-state index contributed by atoms with van der Waals surface area (Å²) in [5.74, 6) is 0.0199. The van der Waals surface area contributed by atoms with Gasteiger partial charge in [0.1, 0.15) is 36.9 Å². The van der Waals surface area contributed by atoms with Crippen LogP contribution in [0.1, 0.15) is 79.7 Å². The van der Waals surface area contributed by atoms with E-state index in [0.717, 1.165) is 34.9 Å². The molecule has 0 aliphatic heterocycles. The van der Waals surface area contributed by atoms with Gasteiger partial charge in [0.05, 0.1) is 31.8 Å². The zero-order chi connectivity index (χ0) is 37.8. The largest absolute Gasteiger partial charge is 0.573 e. The summed E-state index contributed by atoms with van der Waals surface area (Å²) in [7, 11) is 0. The predicted molar refractivity (Wildman–Crippen MR) is 194 cm³/mol. The summed E-state index contributed by atoms with van der Waals surface area (Å²) in [5.41, 5.74) is 0.442. The summed E-state index contributed by atoms with van der Waals surface area (Å²) in [6, 6.07) is 12.2. The third-order valence-electron chi connectivity index (χ3n) is 8.58. The molecule has 0 spiro atoms. The Bertz CT molecular complexity index is 1520. The van der Waals surface area contributed by atoms with Gasteiger partial charge >= 0.3 is 12.3 Å². The number of unbranched alkanes of at least 4 members (excludes halogenated alkanes) is 2. The number of halogens is 3. The summed E-state index contributed by atoms with van der Waals surface area (Å²) < 4.78 is 67.2. The molecule has 0 saturated carbocycles. The number of hydrogen-bond donors (Lipinski definition) is 2. The lowest BCUT2D eigenvalue weighted by atomic mass is 9.69. The van der Waals surface area contributed by atoms with Crippen LogP contribution in [0.15, 0.2) is 42.5 Å². The average Bonchev–Trinajstić information content (AvgIpc) is 3.46. The van der Waals surface area contributed by atoms with Gasteiger partial charge in [-0.25, -0.2) is 0 Å². The van der Waals surface area contributed by atoms with E-state index in [-0.39, 0.29) is 62.7 Å². The van der Waals surface area contributed by atoms with Crippen molar-refractivity contribution in [3.05, 3.63) is 48.0 Å². The van der Waals surface area contributed by atoms with Crippen molar-refractivity contribution in [1.29, 1.82) is 0 Å². The highest BCUT2D eigenvalue weighted by molar-refractivity contribution is 7.22. The van der Waals surface area contributed by atoms with Crippen molar-refractivity contribution >= 4 is 27.4 Å². The molecule has 3 unspecified atom stereocenters. The lowest BCUT2D eigenvalue weighted by molar-refractivity contribution is -0.274. The molecule has 2 aromatic carbocycles. The minimum absolute atomic E-state index is 0.00704. The van der Waals surface area contributed by atoms with Crippen molar-refractivity contribution in [2.24, 2.45) is 16.7 Å². The number of fused-ring (bicyclic) bond motifs is 1. The maximum absolute atomic E-state index is 13.3. The summed E-state index contributed by atoms with van der Waals surface area (Å²) in [6.45, 7) is 14.3. The monoisotopic (exact) mass is 740 g/mol. The number of carbonyl (C=O) groups excluding carboxylic acids is 1. The smallest absolute Gasteiger partial charge is 0.491 e. The maximum Gasteiger partial charge on any atom is 0.573 e. The molecular weight excluding hydrogens is 685 g/mol. The molecule has 1 heterocycles. The minimum Gasteiger partial charge on any atom is -0.491 e. The quantitative estimate of drug-likeness (QED) is 0.0825. The number of aliphatic hydroxyl groups excluding tert-OH is 2. The van der Waals surface area contributed by atoms with Crippen molar-refractivity contribution in [2.75, 3.05) is 39.6 Å². The fourth-order valence-corrected chi connectivity index (χ4v) is 6.87. The Kier molecular flexibility index (Phi) is 16.1. The van der Waals surface area contributed by atoms with Gasteiger partial charge in [-0.15, -0.1) is 24.5 Å². The third kappa shape index (κ3) is 14.2. The van der Waals surface area contributed by atoms with Crippen LogP contribution in [-0.2, 0) is 25.4 Å². The van der Waals surface area contributed by atoms with Gasteiger partial charge in [-0.1, -0.05) is 60.5 Å². The molecule has 12 heteroatoms. The molecule has 2 N–H and O–H groups in total. The van der Waals surface area contributed by atoms with Crippen LogP contribution in [0, 0.1) is 16.7 Å². The van der Waals surface area contributed by atoms with Gasteiger partial charge in [0.2, 0.25) is 0 Å². The normalized spacial score (nSPS) is 14.8. The summed E-state index contributed by atoms with van der Waals surface area (Å²) >= 11 is 1.33. The molecule has 3 atom stereocenters. The van der Waals surface area contributed by atoms with Gasteiger partial charge in [0.25, 0.3) is 0 Å². The van der Waals surface area contributed by atoms with Gasteiger partial charge < -0.3 is 33.9 Å². The van der Waals surface area contributed by atoms with Gasteiger partial charge in [0, 0.05) is 15.1 Å². The molecule has 286 valence electrons. The van der Waals surface area contributed by atoms with Crippen LogP contribution in [0.2, 0.25) is 0 Å². The molecule has 0 aliphatic rings. The van der Waals surface area contributed by atoms with E-state index < -0.39 is 24.0 Å². The van der Waals surface area contributed by atoms with Crippen LogP contribution in [0.3, 0.4) is 0 Å². The lowest BCUT2D eigenvalue weighted by Crippen LogP contribution is -2.40. The molecule has 3 rings (SSSR count). The Morgan fingerprint density at radius 3 is 2.14 bits per heavy atom. The zero-order valence-electron chi connectivity index (χ0n) is 30.9. The Morgan fingerprint density at radius 1 is 0.863 bits per heavy atom. The van der Waals surface area contributed by atoms with Crippen LogP contribution in [0.5, 0.6) is 11.5 Å². The summed E-state index contributed by atoms with van der Waals surface area (Å²) in [4.78, 5) is 13.5. The first-order valence-electron chi connectivity index (χ1n) is 17.6. The fourth-order valence-electron chi connectivity index (χ4n) is 5.74. The molecule has 0 radical (unpaired) electrons. The van der Waals surface area contributed by atoms with Gasteiger partial charge in [-0.2, -0.15) is 0 Å². The predicted octanol–water partition coefficient (Wildman–Crippen LogP) is 8.98. The van der Waals surface area contributed by atoms with Crippen LogP contribution in [-0.4, -0.2) is 74.4 Å². The second-order valence-corrected chi connectivity index (χ2v) is 15.9. The Morgan fingerprint density at radius 2 is 1.53 bits per heavy atom. The minimum atomic E-state index is -4.81. The van der Waals surface area contributed by atoms with Crippen LogP contribution in [0.4, 0.5) is 13.2 Å². The van der Waals surface area contributed by atoms with Gasteiger partial charge in [-0.05, 0) is 84.9 Å². The first-order chi connectivity index (χ1) is 23.9. The topological polar surface area (TPSA) is 104 Å². The van der Waals surface area contributed by atoms with Crippen LogP contribution in [0.25, 0.3) is 20.5 Å². The van der Waals surface area contributed by atoms with E-state index in [4.69, 9.17) is 18.9 Å². The third-order valence-corrected chi connectivity index (χ3v) is 9.71. The van der Waals surface area contributed by atoms with Gasteiger partial charge in [-0.3, -0.25) is 4.79 Å². The number of rotatable bonds is 21. The van der Waals surface area contributed by atoms with E-state index in [0.29, 0.717) is 29.0 Å². The van der Waals surface area contributed by atoms with Crippen molar-refractivity contribution in [3.63, 3.8) is 0 Å². The SMILES string of the molecule is CCCCCc1ccc(-c2cc3ccc(OCC(O)COCCOCC(O)COC(=O)C(C)(CC(C)(C)C)C(C)C)cc3s2)c(OC(F)(F)F)c1. The maximum atomic E-state index is 13.3. The molecule has 0 bridgehead atoms. The van der Waals surface area contributed by atoms with E-state index >= 15 is 0 Å². The number of benzene rings is 2. The highest BCUT2D eigenvalue weighted by Crippen LogP contribution is 2.42. The standard InChI is InChI=1S/C39H55F3O8S/c1-8-9-10-11-27-12-15-32(33(18-27)50-39(40,41)42)35-19-28-13-14-31(20-34(28)51-35)48-23-29(43)21-46-16-17-47-22-30(44)24-49-36(45)38(7,26(2)3)25-37(4,5)6/h12-15,18-20,26,29-30,43-44H,8-11,16-17,21-25H2,1-7H3. The van der Waals surface area contributed by atoms with E-state index in [2.05, 4.69) is 32.4 Å². The number of carbonyl (C=O) groups is 1. The Labute approximate surface area is 304 Å². The number of esters is 1. The van der Waals surface area contributed by atoms with E-state index in [9.17, 15) is 28.2 Å². The second kappa shape index (κ2) is 19.3. The molecule has 0 fully saturated rings. The summed E-state index contributed by atoms with van der Waals surface area (Å²) in [5, 5.41) is 21.4. The van der Waals surface area contributed by atoms with Crippen molar-refractivity contribution in [1.82, 2.24) is 0 Å². The Hall–Kier alpha value is -2.90. The average molecular weight is 741 g/mol. The molecule has 51 heavy (non-hydrogen) atoms. The molecular formula is C39H55F3O8S. The van der Waals surface area contributed by atoms with E-state index in [1.54, 1.807) is 18.2 Å². The lowest BCUT2D eigenvalue weighted by Gasteiger charge is -2.37. The molecule has 0 aliphatic carbocycles. The molecule has 3 aromatic rings. The first kappa shape index (κ1) is 42.5. The van der Waals surface area contributed by atoms with Crippen LogP contribution >= 0.6 is 11.3 Å². The first-order valence-corrected chi connectivity index (χ1v) is 18.5. The van der Waals surface area contributed by atoms with E-state index in [1.165, 1.54) is 17.4 Å². The number of aliphatic hydroxyl groups is 2. The van der Waals surface area contributed by atoms with Crippen molar-refractivity contribution in [3.8, 4) is 21.9 Å².